The van der Waals surface area contributed by atoms with Gasteiger partial charge in [-0.3, -0.25) is 4.79 Å². The van der Waals surface area contributed by atoms with Gasteiger partial charge in [-0.15, -0.1) is 0 Å². The van der Waals surface area contributed by atoms with Crippen molar-refractivity contribution < 1.29 is 34.8 Å². The first-order valence-electron chi connectivity index (χ1n) is 6.88. The molecule has 0 saturated carbocycles. The molecule has 24 heavy (non-hydrogen) atoms. The lowest BCUT2D eigenvalue weighted by molar-refractivity contribution is 0.0696. The molecule has 5 N–H and O–H groups in total. The van der Waals surface area contributed by atoms with Crippen LogP contribution in [0.2, 0.25) is 0 Å². The molecule has 0 bridgehead atoms. The van der Waals surface area contributed by atoms with Gasteiger partial charge in [-0.1, -0.05) is 36.4 Å². The number of carbonyl (C=O) groups is 2. The van der Waals surface area contributed by atoms with E-state index >= 15 is 0 Å². The summed E-state index contributed by atoms with van der Waals surface area (Å²) in [6, 6.07) is 11.5. The number of hydrogen-bond acceptors (Lipinski definition) is 6. The smallest absolute Gasteiger partial charge is 0.478 e. The molecule has 0 heterocycles. The summed E-state index contributed by atoms with van der Waals surface area (Å²) in [5.74, 6) is -1.07. The van der Waals surface area contributed by atoms with Gasteiger partial charge in [0.15, 0.2) is 5.78 Å². The van der Waals surface area contributed by atoms with E-state index in [1.54, 1.807) is 12.1 Å². The number of aromatic carboxylic acids is 1. The predicted molar refractivity (Wildman–Crippen MR) is 89.5 cm³/mol. The van der Waals surface area contributed by atoms with Crippen molar-refractivity contribution >= 4 is 36.9 Å². The Kier molecular flexibility index (Phi) is 7.34. The van der Waals surface area contributed by atoms with Crippen molar-refractivity contribution in [3.63, 3.8) is 0 Å². The Morgan fingerprint density at radius 1 is 0.708 bits per heavy atom. The molecule has 0 unspecified atom stereocenters. The predicted octanol–water partition coefficient (Wildman–Crippen LogP) is -1.37. The zero-order valence-corrected chi connectivity index (χ0v) is 12.8. The highest BCUT2D eigenvalue weighted by Gasteiger charge is 2.11. The van der Waals surface area contributed by atoms with Gasteiger partial charge < -0.3 is 25.2 Å². The quantitative estimate of drug-likeness (QED) is 0.345. The van der Waals surface area contributed by atoms with Gasteiger partial charge in [0.2, 0.25) is 0 Å². The molecule has 0 aromatic heterocycles. The third-order valence-corrected chi connectivity index (χ3v) is 3.07. The van der Waals surface area contributed by atoms with E-state index in [1.807, 2.05) is 0 Å². The lowest BCUT2D eigenvalue weighted by Gasteiger charge is -1.99. The summed E-state index contributed by atoms with van der Waals surface area (Å²) in [5, 5.41) is 43.3. The second-order valence-corrected chi connectivity index (χ2v) is 4.85. The van der Waals surface area contributed by atoms with Crippen molar-refractivity contribution in [1.29, 1.82) is 0 Å². The van der Waals surface area contributed by atoms with Crippen molar-refractivity contribution in [2.24, 2.45) is 0 Å². The Morgan fingerprint density at radius 3 is 1.29 bits per heavy atom. The largest absolute Gasteiger partial charge is 0.488 e. The third-order valence-electron chi connectivity index (χ3n) is 3.07. The summed E-state index contributed by atoms with van der Waals surface area (Å²) in [6.07, 6.45) is 0. The molecule has 7 nitrogen and oxygen atoms in total. The molecule has 0 spiro atoms. The molecule has 2 aromatic rings. The van der Waals surface area contributed by atoms with E-state index in [-0.39, 0.29) is 16.8 Å². The van der Waals surface area contributed by atoms with Crippen LogP contribution in [0, 0.1) is 0 Å². The van der Waals surface area contributed by atoms with Crippen molar-refractivity contribution in [3.05, 3.63) is 59.7 Å². The lowest BCUT2D eigenvalue weighted by atomic mass is 9.80. The Balaban J connectivity index is 0.000000240. The normalized spacial score (nSPS) is 9.54. The second kappa shape index (κ2) is 8.99. The summed E-state index contributed by atoms with van der Waals surface area (Å²) in [5.41, 5.74) is 1.36. The minimum atomic E-state index is -1.55. The molecule has 0 amide bonds. The first-order chi connectivity index (χ1) is 11.2. The van der Waals surface area contributed by atoms with Gasteiger partial charge in [0.25, 0.3) is 0 Å². The zero-order valence-electron chi connectivity index (χ0n) is 12.8. The molecule has 2 rings (SSSR count). The number of hydrogen-bond donors (Lipinski definition) is 5. The van der Waals surface area contributed by atoms with E-state index in [0.717, 1.165) is 0 Å². The number of rotatable bonds is 4. The average molecular weight is 330 g/mol. The SMILES string of the molecule is CC(=O)c1ccc(B(O)O)cc1.O=C(O)c1ccc(B(O)O)cc1. The van der Waals surface area contributed by atoms with Gasteiger partial charge in [0.05, 0.1) is 5.56 Å². The Bertz CT molecular complexity index is 620. The topological polar surface area (TPSA) is 135 Å². The zero-order chi connectivity index (χ0) is 18.3. The average Bonchev–Trinajstić information content (AvgIpc) is 2.55. The highest BCUT2D eigenvalue weighted by molar-refractivity contribution is 6.58. The van der Waals surface area contributed by atoms with Gasteiger partial charge in [0, 0.05) is 5.56 Å². The fourth-order valence-corrected chi connectivity index (χ4v) is 1.69. The monoisotopic (exact) mass is 330 g/mol. The Labute approximate surface area is 139 Å². The molecular formula is C15H16B2O7. The number of Topliss-reactive ketones (excluding diaryl/α,β-unsaturated/α-hetero) is 1. The van der Waals surface area contributed by atoms with Gasteiger partial charge in [0.1, 0.15) is 0 Å². The minimum Gasteiger partial charge on any atom is -0.478 e. The maximum absolute atomic E-state index is 10.8. The fraction of sp³-hybridized carbons (Fsp3) is 0.0667. The molecule has 2 aromatic carbocycles. The third kappa shape index (κ3) is 5.98. The van der Waals surface area contributed by atoms with Crippen LogP contribution in [0.5, 0.6) is 0 Å². The van der Waals surface area contributed by atoms with E-state index in [9.17, 15) is 9.59 Å². The molecule has 0 aliphatic rings. The number of carboxylic acids is 1. The van der Waals surface area contributed by atoms with E-state index in [2.05, 4.69) is 0 Å². The molecule has 124 valence electrons. The van der Waals surface area contributed by atoms with Gasteiger partial charge in [-0.25, -0.2) is 4.79 Å². The number of benzene rings is 2. The highest BCUT2D eigenvalue weighted by atomic mass is 16.4. The maximum atomic E-state index is 10.8. The Morgan fingerprint density at radius 2 is 1.04 bits per heavy atom. The van der Waals surface area contributed by atoms with Crippen LogP contribution < -0.4 is 10.9 Å². The second-order valence-electron chi connectivity index (χ2n) is 4.85. The molecule has 0 aliphatic carbocycles. The highest BCUT2D eigenvalue weighted by Crippen LogP contribution is 1.98. The van der Waals surface area contributed by atoms with Crippen molar-refractivity contribution in [2.75, 3.05) is 0 Å². The molecule has 9 heteroatoms. The lowest BCUT2D eigenvalue weighted by Crippen LogP contribution is -2.29. The summed E-state index contributed by atoms with van der Waals surface area (Å²) in [7, 11) is -3.01. The van der Waals surface area contributed by atoms with Gasteiger partial charge in [-0.2, -0.15) is 0 Å². The molecule has 0 radical (unpaired) electrons. The number of ketones is 1. The van der Waals surface area contributed by atoms with Crippen LogP contribution >= 0.6 is 0 Å². The summed E-state index contributed by atoms with van der Waals surface area (Å²) in [4.78, 5) is 21.2. The van der Waals surface area contributed by atoms with Crippen molar-refractivity contribution in [1.82, 2.24) is 0 Å². The van der Waals surface area contributed by atoms with E-state index in [4.69, 9.17) is 25.2 Å². The van der Waals surface area contributed by atoms with Crippen molar-refractivity contribution in [3.8, 4) is 0 Å². The number of carbonyl (C=O) groups excluding carboxylic acids is 1. The maximum Gasteiger partial charge on any atom is 0.488 e. The van der Waals surface area contributed by atoms with Crippen LogP contribution in [-0.2, 0) is 0 Å². The summed E-state index contributed by atoms with van der Waals surface area (Å²) >= 11 is 0. The minimum absolute atomic E-state index is 0.0334. The summed E-state index contributed by atoms with van der Waals surface area (Å²) in [6.45, 7) is 1.46. The van der Waals surface area contributed by atoms with E-state index < -0.39 is 20.2 Å². The standard InChI is InChI=1S/C8H9BO3.C7H7BO4/c1-6(10)7-2-4-8(5-3-7)9(11)12;9-7(10)5-1-3-6(4-2-5)8(11)12/h2-5,11-12H,1H3;1-4,11-12H,(H,9,10). The van der Waals surface area contributed by atoms with Crippen LogP contribution in [0.1, 0.15) is 27.6 Å². The van der Waals surface area contributed by atoms with Crippen LogP contribution in [0.25, 0.3) is 0 Å². The van der Waals surface area contributed by atoms with Crippen LogP contribution in [-0.4, -0.2) is 51.2 Å². The molecule has 0 saturated heterocycles. The molecule has 0 atom stereocenters. The van der Waals surface area contributed by atoms with Crippen LogP contribution in [0.15, 0.2) is 48.5 Å². The van der Waals surface area contributed by atoms with Crippen LogP contribution in [0.4, 0.5) is 0 Å². The fourth-order valence-electron chi connectivity index (χ4n) is 1.69. The van der Waals surface area contributed by atoms with Gasteiger partial charge in [-0.05, 0) is 30.0 Å². The first-order valence-corrected chi connectivity index (χ1v) is 6.88. The van der Waals surface area contributed by atoms with E-state index in [0.29, 0.717) is 11.0 Å². The molecule has 0 aliphatic heterocycles. The van der Waals surface area contributed by atoms with Crippen molar-refractivity contribution in [2.45, 2.75) is 6.92 Å². The Hall–Kier alpha value is -2.45. The van der Waals surface area contributed by atoms with E-state index in [1.165, 1.54) is 43.3 Å². The molecular weight excluding hydrogens is 314 g/mol. The summed E-state index contributed by atoms with van der Waals surface area (Å²) < 4.78 is 0. The van der Waals surface area contributed by atoms with Gasteiger partial charge >= 0.3 is 20.2 Å². The molecule has 0 fully saturated rings. The first kappa shape index (κ1) is 19.6. The number of carboxylic acid groups (broad SMARTS) is 1. The van der Waals surface area contributed by atoms with Crippen LogP contribution in [0.3, 0.4) is 0 Å².